The molecule has 1 heterocycles. The first-order valence-electron chi connectivity index (χ1n) is 6.34. The van der Waals surface area contributed by atoms with Crippen LogP contribution in [0.2, 0.25) is 0 Å². The fourth-order valence-electron chi connectivity index (χ4n) is 2.33. The number of aliphatic hydroxyl groups excluding tert-OH is 1. The lowest BCUT2D eigenvalue weighted by atomic mass is 9.98. The summed E-state index contributed by atoms with van der Waals surface area (Å²) in [5, 5.41) is 10.2. The Hall–Kier alpha value is -1.13. The van der Waals surface area contributed by atoms with Crippen LogP contribution >= 0.6 is 0 Å². The van der Waals surface area contributed by atoms with Crippen molar-refractivity contribution in [2.24, 2.45) is 0 Å². The van der Waals surface area contributed by atoms with Gasteiger partial charge in [0.15, 0.2) is 0 Å². The second kappa shape index (κ2) is 6.16. The molecule has 1 fully saturated rings. The topological polar surface area (TPSA) is 38.7 Å². The fraction of sp³-hybridized carbons (Fsp3) is 0.571. The first kappa shape index (κ1) is 13.3. The second-order valence-electron chi connectivity index (χ2n) is 4.63. The second-order valence-corrected chi connectivity index (χ2v) is 4.63. The Balaban J connectivity index is 2.07. The number of halogens is 1. The molecule has 18 heavy (non-hydrogen) atoms. The highest BCUT2D eigenvalue weighted by molar-refractivity contribution is 5.35. The van der Waals surface area contributed by atoms with E-state index in [4.69, 9.17) is 9.47 Å². The van der Waals surface area contributed by atoms with Crippen LogP contribution in [0.5, 0.6) is 5.75 Å². The number of ether oxygens (including phenoxy) is 2. The molecule has 3 nitrogen and oxygen atoms in total. The molecule has 1 aromatic carbocycles. The van der Waals surface area contributed by atoms with Gasteiger partial charge in [0.1, 0.15) is 11.6 Å². The van der Waals surface area contributed by atoms with Crippen molar-refractivity contribution in [2.75, 3.05) is 13.7 Å². The van der Waals surface area contributed by atoms with Crippen molar-refractivity contribution in [1.29, 1.82) is 0 Å². The Morgan fingerprint density at radius 2 is 2.33 bits per heavy atom. The van der Waals surface area contributed by atoms with E-state index in [2.05, 4.69) is 0 Å². The van der Waals surface area contributed by atoms with Gasteiger partial charge in [0, 0.05) is 18.6 Å². The molecule has 2 unspecified atom stereocenters. The predicted molar refractivity (Wildman–Crippen MR) is 66.1 cm³/mol. The molecular weight excluding hydrogens is 235 g/mol. The molecule has 0 spiro atoms. The van der Waals surface area contributed by atoms with Crippen LogP contribution in [0.15, 0.2) is 18.2 Å². The Bertz CT molecular complexity index is 389. The third kappa shape index (κ3) is 3.21. The molecule has 100 valence electrons. The van der Waals surface area contributed by atoms with Crippen LogP contribution in [0.1, 0.15) is 37.4 Å². The summed E-state index contributed by atoms with van der Waals surface area (Å²) in [4.78, 5) is 0. The smallest absolute Gasteiger partial charge is 0.124 e. The lowest BCUT2D eigenvalue weighted by Gasteiger charge is -2.25. The van der Waals surface area contributed by atoms with E-state index in [1.54, 1.807) is 0 Å². The molecule has 1 aliphatic heterocycles. The van der Waals surface area contributed by atoms with Crippen molar-refractivity contribution in [1.82, 2.24) is 0 Å². The van der Waals surface area contributed by atoms with E-state index in [0.717, 1.165) is 25.9 Å². The minimum Gasteiger partial charge on any atom is -0.496 e. The van der Waals surface area contributed by atoms with Crippen molar-refractivity contribution in [3.63, 3.8) is 0 Å². The third-order valence-electron chi connectivity index (χ3n) is 3.31. The van der Waals surface area contributed by atoms with Crippen molar-refractivity contribution in [3.05, 3.63) is 29.6 Å². The van der Waals surface area contributed by atoms with Crippen molar-refractivity contribution in [3.8, 4) is 5.75 Å². The molecule has 0 radical (unpaired) electrons. The minimum absolute atomic E-state index is 0.0572. The van der Waals surface area contributed by atoms with Gasteiger partial charge in [-0.15, -0.1) is 0 Å². The summed E-state index contributed by atoms with van der Waals surface area (Å²) in [6.45, 7) is 0.748. The molecule has 0 saturated carbocycles. The van der Waals surface area contributed by atoms with Crippen LogP contribution in [0.25, 0.3) is 0 Å². The number of rotatable bonds is 4. The summed E-state index contributed by atoms with van der Waals surface area (Å²) in [5.74, 6) is 0.147. The van der Waals surface area contributed by atoms with Crippen LogP contribution in [0, 0.1) is 5.82 Å². The van der Waals surface area contributed by atoms with Crippen LogP contribution in [-0.2, 0) is 4.74 Å². The minimum atomic E-state index is -0.751. The van der Waals surface area contributed by atoms with E-state index in [9.17, 15) is 9.50 Å². The number of hydrogen-bond donors (Lipinski definition) is 1. The number of benzene rings is 1. The molecule has 0 aromatic heterocycles. The van der Waals surface area contributed by atoms with Gasteiger partial charge in [0.2, 0.25) is 0 Å². The molecule has 1 saturated heterocycles. The summed E-state index contributed by atoms with van der Waals surface area (Å²) in [6.07, 6.45) is 2.95. The zero-order valence-electron chi connectivity index (χ0n) is 10.6. The van der Waals surface area contributed by atoms with E-state index in [1.807, 2.05) is 0 Å². The molecule has 0 bridgehead atoms. The van der Waals surface area contributed by atoms with E-state index in [0.29, 0.717) is 17.7 Å². The standard InChI is InChI=1S/C14H19FO3/c1-17-14-6-5-10(15)8-12(14)13(16)9-11-4-2-3-7-18-11/h5-6,8,11,13,16H,2-4,7,9H2,1H3. The predicted octanol–water partition coefficient (Wildman–Crippen LogP) is 2.83. The van der Waals surface area contributed by atoms with E-state index in [-0.39, 0.29) is 11.9 Å². The SMILES string of the molecule is COc1ccc(F)cc1C(O)CC1CCCCO1. The third-order valence-corrected chi connectivity index (χ3v) is 3.31. The summed E-state index contributed by atoms with van der Waals surface area (Å²) in [6, 6.07) is 4.19. The average Bonchev–Trinajstić information content (AvgIpc) is 2.40. The monoisotopic (exact) mass is 254 g/mol. The Kier molecular flexibility index (Phi) is 4.55. The van der Waals surface area contributed by atoms with Gasteiger partial charge in [-0.25, -0.2) is 4.39 Å². The highest BCUT2D eigenvalue weighted by Gasteiger charge is 2.21. The first-order chi connectivity index (χ1) is 8.70. The van der Waals surface area contributed by atoms with Gasteiger partial charge in [-0.1, -0.05) is 0 Å². The summed E-state index contributed by atoms with van der Waals surface area (Å²) in [7, 11) is 1.51. The van der Waals surface area contributed by atoms with Gasteiger partial charge in [0.05, 0.1) is 19.3 Å². The molecule has 0 amide bonds. The van der Waals surface area contributed by atoms with Crippen LogP contribution in [0.4, 0.5) is 4.39 Å². The first-order valence-corrected chi connectivity index (χ1v) is 6.34. The molecule has 1 aliphatic rings. The molecule has 1 aromatic rings. The summed E-state index contributed by atoms with van der Waals surface area (Å²) < 4.78 is 23.9. The molecule has 1 N–H and O–H groups in total. The Morgan fingerprint density at radius 3 is 3.00 bits per heavy atom. The number of hydrogen-bond acceptors (Lipinski definition) is 3. The normalized spacial score (nSPS) is 21.6. The lowest BCUT2D eigenvalue weighted by Crippen LogP contribution is -2.21. The van der Waals surface area contributed by atoms with Gasteiger partial charge in [0.25, 0.3) is 0 Å². The van der Waals surface area contributed by atoms with Gasteiger partial charge >= 0.3 is 0 Å². The average molecular weight is 254 g/mol. The van der Waals surface area contributed by atoms with Crippen LogP contribution in [0.3, 0.4) is 0 Å². The maximum atomic E-state index is 13.2. The van der Waals surface area contributed by atoms with E-state index in [1.165, 1.54) is 25.3 Å². The van der Waals surface area contributed by atoms with E-state index >= 15 is 0 Å². The summed E-state index contributed by atoms with van der Waals surface area (Å²) in [5.41, 5.74) is 0.492. The van der Waals surface area contributed by atoms with E-state index < -0.39 is 6.10 Å². The molecule has 4 heteroatoms. The largest absolute Gasteiger partial charge is 0.496 e. The zero-order chi connectivity index (χ0) is 13.0. The van der Waals surface area contributed by atoms with Crippen molar-refractivity contribution >= 4 is 0 Å². The fourth-order valence-corrected chi connectivity index (χ4v) is 2.33. The maximum Gasteiger partial charge on any atom is 0.124 e. The Labute approximate surface area is 107 Å². The molecule has 2 rings (SSSR count). The number of aliphatic hydroxyl groups is 1. The molecular formula is C14H19FO3. The lowest BCUT2D eigenvalue weighted by molar-refractivity contribution is -0.0159. The van der Waals surface area contributed by atoms with Crippen molar-refractivity contribution < 1.29 is 19.0 Å². The van der Waals surface area contributed by atoms with Crippen LogP contribution < -0.4 is 4.74 Å². The Morgan fingerprint density at radius 1 is 1.50 bits per heavy atom. The zero-order valence-corrected chi connectivity index (χ0v) is 10.6. The van der Waals surface area contributed by atoms with Gasteiger partial charge < -0.3 is 14.6 Å². The van der Waals surface area contributed by atoms with Crippen molar-refractivity contribution in [2.45, 2.75) is 37.9 Å². The van der Waals surface area contributed by atoms with Gasteiger partial charge in [-0.3, -0.25) is 0 Å². The molecule has 0 aliphatic carbocycles. The van der Waals surface area contributed by atoms with Gasteiger partial charge in [-0.05, 0) is 37.5 Å². The van der Waals surface area contributed by atoms with Gasteiger partial charge in [-0.2, -0.15) is 0 Å². The highest BCUT2D eigenvalue weighted by atomic mass is 19.1. The number of methoxy groups -OCH3 is 1. The van der Waals surface area contributed by atoms with Crippen LogP contribution in [-0.4, -0.2) is 24.9 Å². The maximum absolute atomic E-state index is 13.2. The quantitative estimate of drug-likeness (QED) is 0.898. The summed E-state index contributed by atoms with van der Waals surface area (Å²) >= 11 is 0. The highest BCUT2D eigenvalue weighted by Crippen LogP contribution is 2.31. The molecule has 2 atom stereocenters.